The first kappa shape index (κ1) is 14.2. The minimum absolute atomic E-state index is 0.277. The van der Waals surface area contributed by atoms with Gasteiger partial charge in [-0.2, -0.15) is 0 Å². The lowest BCUT2D eigenvalue weighted by Crippen LogP contribution is -2.12. The third kappa shape index (κ3) is 4.40. The summed E-state index contributed by atoms with van der Waals surface area (Å²) in [6, 6.07) is 8.41. The van der Waals surface area contributed by atoms with Gasteiger partial charge in [0, 0.05) is 16.9 Å². The molecule has 2 rings (SSSR count). The molecule has 1 aromatic carbocycles. The molecule has 1 heterocycles. The maximum Gasteiger partial charge on any atom is 0.124 e. The lowest BCUT2D eigenvalue weighted by molar-refractivity contribution is 0.165. The van der Waals surface area contributed by atoms with Crippen molar-refractivity contribution in [2.24, 2.45) is 0 Å². The maximum absolute atomic E-state index is 13.0. The summed E-state index contributed by atoms with van der Waals surface area (Å²) in [6.45, 7) is 0. The smallest absolute Gasteiger partial charge is 0.124 e. The van der Waals surface area contributed by atoms with Crippen molar-refractivity contribution in [3.8, 4) is 0 Å². The molecule has 0 saturated carbocycles. The van der Waals surface area contributed by atoms with Crippen LogP contribution >= 0.6 is 15.9 Å². The molecule has 0 amide bonds. The first-order chi connectivity index (χ1) is 9.15. The number of pyridine rings is 1. The van der Waals surface area contributed by atoms with E-state index in [0.29, 0.717) is 17.3 Å². The Bertz CT molecular complexity index is 533. The van der Waals surface area contributed by atoms with Gasteiger partial charge in [-0.05, 0) is 48.6 Å². The third-order valence-corrected chi connectivity index (χ3v) is 3.70. The second-order valence-electron chi connectivity index (χ2n) is 4.49. The minimum atomic E-state index is -0.443. The Hall–Kier alpha value is -1.26. The predicted octanol–water partition coefficient (Wildman–Crippen LogP) is 3.52. The van der Waals surface area contributed by atoms with E-state index in [2.05, 4.69) is 20.9 Å². The Kier molecular flexibility index (Phi) is 5.05. The third-order valence-electron chi connectivity index (χ3n) is 2.96. The molecule has 0 fully saturated rings. The maximum atomic E-state index is 13.0. The molecular weight excluding hydrogens is 309 g/mol. The summed E-state index contributed by atoms with van der Waals surface area (Å²) in [6.07, 6.45) is 5.06. The van der Waals surface area contributed by atoms with Crippen LogP contribution in [-0.4, -0.2) is 16.2 Å². The van der Waals surface area contributed by atoms with Gasteiger partial charge < -0.3 is 5.11 Å². The van der Waals surface area contributed by atoms with Crippen molar-refractivity contribution < 1.29 is 9.50 Å². The zero-order chi connectivity index (χ0) is 13.7. The van der Waals surface area contributed by atoms with Crippen LogP contribution in [0.5, 0.6) is 0 Å². The number of aromatic nitrogens is 1. The standard InChI is InChI=1S/C15H15BrFNO/c16-15-9-13(17)5-4-12(15)8-14(19)6-3-11-2-1-7-18-10-11/h1-2,4-5,7,9-10,14,19H,3,6,8H2. The summed E-state index contributed by atoms with van der Waals surface area (Å²) in [5, 5.41) is 10.0. The highest BCUT2D eigenvalue weighted by Gasteiger charge is 2.09. The lowest BCUT2D eigenvalue weighted by atomic mass is 10.0. The van der Waals surface area contributed by atoms with Crippen LogP contribution in [0.1, 0.15) is 17.5 Å². The number of aryl methyl sites for hydroxylation is 1. The first-order valence-electron chi connectivity index (χ1n) is 6.16. The van der Waals surface area contributed by atoms with E-state index in [0.717, 1.165) is 17.5 Å². The van der Waals surface area contributed by atoms with Crippen molar-refractivity contribution in [1.82, 2.24) is 4.98 Å². The monoisotopic (exact) mass is 323 g/mol. The van der Waals surface area contributed by atoms with Gasteiger partial charge in [-0.1, -0.05) is 28.1 Å². The van der Waals surface area contributed by atoms with E-state index in [-0.39, 0.29) is 5.82 Å². The molecule has 19 heavy (non-hydrogen) atoms. The van der Waals surface area contributed by atoms with Crippen LogP contribution in [0.3, 0.4) is 0 Å². The molecule has 0 spiro atoms. The van der Waals surface area contributed by atoms with Crippen LogP contribution in [0.25, 0.3) is 0 Å². The van der Waals surface area contributed by atoms with E-state index in [1.165, 1.54) is 12.1 Å². The fourth-order valence-corrected chi connectivity index (χ4v) is 2.44. The molecule has 0 saturated heterocycles. The van der Waals surface area contributed by atoms with E-state index in [9.17, 15) is 9.50 Å². The zero-order valence-corrected chi connectivity index (χ0v) is 12.0. The van der Waals surface area contributed by atoms with Crippen LogP contribution in [-0.2, 0) is 12.8 Å². The summed E-state index contributed by atoms with van der Waals surface area (Å²) in [7, 11) is 0. The normalized spacial score (nSPS) is 12.4. The Balaban J connectivity index is 1.89. The Morgan fingerprint density at radius 1 is 1.32 bits per heavy atom. The number of hydrogen-bond donors (Lipinski definition) is 1. The second kappa shape index (κ2) is 6.78. The van der Waals surface area contributed by atoms with E-state index in [1.54, 1.807) is 18.5 Å². The van der Waals surface area contributed by atoms with Gasteiger partial charge in [0.05, 0.1) is 6.10 Å². The van der Waals surface area contributed by atoms with Gasteiger partial charge in [-0.3, -0.25) is 4.98 Å². The van der Waals surface area contributed by atoms with Gasteiger partial charge in [0.25, 0.3) is 0 Å². The molecule has 4 heteroatoms. The molecule has 1 atom stereocenters. The number of halogens is 2. The Morgan fingerprint density at radius 2 is 2.16 bits per heavy atom. The highest BCUT2D eigenvalue weighted by Crippen LogP contribution is 2.20. The number of nitrogens with zero attached hydrogens (tertiary/aromatic N) is 1. The summed E-state index contributed by atoms with van der Waals surface area (Å²) < 4.78 is 13.7. The summed E-state index contributed by atoms with van der Waals surface area (Å²) in [5.74, 6) is -0.277. The van der Waals surface area contributed by atoms with Crippen molar-refractivity contribution in [3.63, 3.8) is 0 Å². The summed E-state index contributed by atoms with van der Waals surface area (Å²) >= 11 is 3.31. The lowest BCUT2D eigenvalue weighted by Gasteiger charge is -2.12. The van der Waals surface area contributed by atoms with Crippen molar-refractivity contribution >= 4 is 15.9 Å². The molecule has 0 aliphatic rings. The topological polar surface area (TPSA) is 33.1 Å². The summed E-state index contributed by atoms with van der Waals surface area (Å²) in [4.78, 5) is 4.04. The highest BCUT2D eigenvalue weighted by molar-refractivity contribution is 9.10. The fourth-order valence-electron chi connectivity index (χ4n) is 1.92. The molecule has 2 nitrogen and oxygen atoms in total. The zero-order valence-electron chi connectivity index (χ0n) is 10.4. The molecule has 0 bridgehead atoms. The molecule has 0 aliphatic heterocycles. The van der Waals surface area contributed by atoms with Gasteiger partial charge in [0.2, 0.25) is 0 Å². The second-order valence-corrected chi connectivity index (χ2v) is 5.35. The molecule has 0 aliphatic carbocycles. The van der Waals surface area contributed by atoms with Gasteiger partial charge >= 0.3 is 0 Å². The molecular formula is C15H15BrFNO. The van der Waals surface area contributed by atoms with E-state index in [4.69, 9.17) is 0 Å². The number of aliphatic hydroxyl groups excluding tert-OH is 1. The number of rotatable bonds is 5. The van der Waals surface area contributed by atoms with Crippen LogP contribution < -0.4 is 0 Å². The number of benzene rings is 1. The summed E-state index contributed by atoms with van der Waals surface area (Å²) in [5.41, 5.74) is 2.03. The number of aliphatic hydroxyl groups is 1. The molecule has 1 N–H and O–H groups in total. The molecule has 0 radical (unpaired) electrons. The Morgan fingerprint density at radius 3 is 2.84 bits per heavy atom. The number of hydrogen-bond acceptors (Lipinski definition) is 2. The van der Waals surface area contributed by atoms with Gasteiger partial charge in [0.15, 0.2) is 0 Å². The van der Waals surface area contributed by atoms with E-state index in [1.807, 2.05) is 12.1 Å². The predicted molar refractivity (Wildman–Crippen MR) is 76.4 cm³/mol. The molecule has 2 aromatic rings. The van der Waals surface area contributed by atoms with Crippen LogP contribution in [0.15, 0.2) is 47.2 Å². The van der Waals surface area contributed by atoms with Crippen molar-refractivity contribution in [2.75, 3.05) is 0 Å². The minimum Gasteiger partial charge on any atom is -0.393 e. The largest absolute Gasteiger partial charge is 0.393 e. The molecule has 1 aromatic heterocycles. The van der Waals surface area contributed by atoms with Gasteiger partial charge in [-0.15, -0.1) is 0 Å². The quantitative estimate of drug-likeness (QED) is 0.913. The molecule has 100 valence electrons. The average Bonchev–Trinajstić information content (AvgIpc) is 2.41. The Labute approximate surface area is 120 Å². The van der Waals surface area contributed by atoms with Crippen LogP contribution in [0.4, 0.5) is 4.39 Å². The fraction of sp³-hybridized carbons (Fsp3) is 0.267. The van der Waals surface area contributed by atoms with E-state index < -0.39 is 6.10 Å². The van der Waals surface area contributed by atoms with Crippen molar-refractivity contribution in [1.29, 1.82) is 0 Å². The SMILES string of the molecule is OC(CCc1cccnc1)Cc1ccc(F)cc1Br. The van der Waals surface area contributed by atoms with E-state index >= 15 is 0 Å². The van der Waals surface area contributed by atoms with Crippen molar-refractivity contribution in [2.45, 2.75) is 25.4 Å². The average molecular weight is 324 g/mol. The van der Waals surface area contributed by atoms with Crippen LogP contribution in [0.2, 0.25) is 0 Å². The van der Waals surface area contributed by atoms with Gasteiger partial charge in [0.1, 0.15) is 5.82 Å². The van der Waals surface area contributed by atoms with Crippen molar-refractivity contribution in [3.05, 3.63) is 64.1 Å². The van der Waals surface area contributed by atoms with Crippen LogP contribution in [0, 0.1) is 5.82 Å². The molecule has 1 unspecified atom stereocenters. The van der Waals surface area contributed by atoms with Gasteiger partial charge in [-0.25, -0.2) is 4.39 Å². The highest BCUT2D eigenvalue weighted by atomic mass is 79.9. The first-order valence-corrected chi connectivity index (χ1v) is 6.95.